The van der Waals surface area contributed by atoms with E-state index in [4.69, 9.17) is 11.6 Å². The molecule has 0 aromatic heterocycles. The molecule has 0 aliphatic heterocycles. The first-order valence-corrected chi connectivity index (χ1v) is 7.21. The topological polar surface area (TPSA) is 37.4 Å². The first kappa shape index (κ1) is 13.5. The van der Waals surface area contributed by atoms with Gasteiger partial charge in [0.25, 0.3) is 0 Å². The Morgan fingerprint density at radius 1 is 1.19 bits per heavy atom. The lowest BCUT2D eigenvalue weighted by molar-refractivity contribution is 0.428. The second-order valence-corrected chi connectivity index (χ2v) is 5.72. The molecule has 0 heterocycles. The van der Waals surface area contributed by atoms with Crippen LogP contribution in [0, 0.1) is 0 Å². The van der Waals surface area contributed by atoms with Crippen molar-refractivity contribution in [2.45, 2.75) is 18.2 Å². The molecule has 0 N–H and O–H groups in total. The molecule has 0 amide bonds. The Balaban J connectivity index is 2.98. The fraction of sp³-hybridized carbons (Fsp3) is 0.455. The van der Waals surface area contributed by atoms with Gasteiger partial charge in [-0.25, -0.2) is 8.42 Å². The Morgan fingerprint density at radius 2 is 1.81 bits per heavy atom. The number of sulfonamides is 1. The number of alkyl halides is 1. The van der Waals surface area contributed by atoms with Gasteiger partial charge in [-0.3, -0.25) is 0 Å². The second-order valence-electron chi connectivity index (χ2n) is 3.41. The van der Waals surface area contributed by atoms with Crippen molar-refractivity contribution in [1.82, 2.24) is 4.31 Å². The number of hydrogen-bond acceptors (Lipinski definition) is 2. The van der Waals surface area contributed by atoms with E-state index in [1.165, 1.54) is 4.31 Å². The summed E-state index contributed by atoms with van der Waals surface area (Å²) in [5.41, 5.74) is 0. The molecule has 3 nitrogen and oxygen atoms in total. The van der Waals surface area contributed by atoms with Crippen molar-refractivity contribution in [2.24, 2.45) is 0 Å². The van der Waals surface area contributed by atoms with E-state index in [1.54, 1.807) is 30.3 Å². The molecular formula is C11H16ClNO2S. The molecule has 0 saturated carbocycles. The third-order valence-corrected chi connectivity index (χ3v) is 4.27. The second kappa shape index (κ2) is 6.23. The lowest BCUT2D eigenvalue weighted by atomic mass is 10.4. The van der Waals surface area contributed by atoms with Gasteiger partial charge in [0.15, 0.2) is 0 Å². The fourth-order valence-electron chi connectivity index (χ4n) is 1.44. The minimum absolute atomic E-state index is 0.312. The summed E-state index contributed by atoms with van der Waals surface area (Å²) in [6, 6.07) is 8.44. The largest absolute Gasteiger partial charge is 0.243 e. The summed E-state index contributed by atoms with van der Waals surface area (Å²) in [5.74, 6) is 0.312. The maximum absolute atomic E-state index is 12.2. The van der Waals surface area contributed by atoms with E-state index in [-0.39, 0.29) is 0 Å². The normalized spacial score (nSPS) is 11.9. The molecule has 0 aliphatic carbocycles. The smallest absolute Gasteiger partial charge is 0.207 e. The number of nitrogens with zero attached hydrogens (tertiary/aromatic N) is 1. The third-order valence-electron chi connectivity index (χ3n) is 2.19. The lowest BCUT2D eigenvalue weighted by Gasteiger charge is -2.20. The lowest BCUT2D eigenvalue weighted by Crippen LogP contribution is -2.33. The molecule has 16 heavy (non-hydrogen) atoms. The predicted molar refractivity (Wildman–Crippen MR) is 66.2 cm³/mol. The van der Waals surface area contributed by atoms with Crippen molar-refractivity contribution in [1.29, 1.82) is 0 Å². The summed E-state index contributed by atoms with van der Waals surface area (Å²) in [6.07, 6.45) is 0.781. The summed E-state index contributed by atoms with van der Waals surface area (Å²) in [6.45, 7) is 2.80. The van der Waals surface area contributed by atoms with E-state index >= 15 is 0 Å². The van der Waals surface area contributed by atoms with Gasteiger partial charge < -0.3 is 0 Å². The molecule has 0 saturated heterocycles. The van der Waals surface area contributed by atoms with Crippen LogP contribution in [0.15, 0.2) is 35.2 Å². The van der Waals surface area contributed by atoms with Crippen molar-refractivity contribution >= 4 is 21.6 Å². The van der Waals surface area contributed by atoms with Crippen molar-refractivity contribution in [3.05, 3.63) is 30.3 Å². The zero-order valence-electron chi connectivity index (χ0n) is 9.27. The average molecular weight is 262 g/mol. The van der Waals surface area contributed by atoms with Crippen LogP contribution in [0.3, 0.4) is 0 Å². The SMILES string of the molecule is CCCN(CCCl)S(=O)(=O)c1ccccc1. The summed E-state index contributed by atoms with van der Waals surface area (Å²) in [7, 11) is -3.38. The predicted octanol–water partition coefficient (Wildman–Crippen LogP) is 2.33. The molecule has 0 radical (unpaired) electrons. The maximum atomic E-state index is 12.2. The summed E-state index contributed by atoms with van der Waals surface area (Å²) < 4.78 is 25.8. The Kier molecular flexibility index (Phi) is 5.25. The Hall–Kier alpha value is -0.580. The number of benzene rings is 1. The van der Waals surface area contributed by atoms with Crippen LogP contribution < -0.4 is 0 Å². The van der Waals surface area contributed by atoms with Crippen molar-refractivity contribution < 1.29 is 8.42 Å². The van der Waals surface area contributed by atoms with Gasteiger partial charge in [0.05, 0.1) is 4.90 Å². The van der Waals surface area contributed by atoms with Gasteiger partial charge in [0.1, 0.15) is 0 Å². The summed E-state index contributed by atoms with van der Waals surface area (Å²) >= 11 is 5.62. The molecule has 0 fully saturated rings. The quantitative estimate of drug-likeness (QED) is 0.737. The molecular weight excluding hydrogens is 246 g/mol. The van der Waals surface area contributed by atoms with Gasteiger partial charge in [-0.1, -0.05) is 25.1 Å². The Morgan fingerprint density at radius 3 is 2.31 bits per heavy atom. The molecule has 1 aromatic rings. The molecule has 0 spiro atoms. The first-order chi connectivity index (χ1) is 7.62. The monoisotopic (exact) mass is 261 g/mol. The standard InChI is InChI=1S/C11H16ClNO2S/c1-2-9-13(10-8-12)16(14,15)11-6-4-3-5-7-11/h3-7H,2,8-10H2,1H3. The highest BCUT2D eigenvalue weighted by Gasteiger charge is 2.22. The first-order valence-electron chi connectivity index (χ1n) is 5.24. The van der Waals surface area contributed by atoms with Crippen LogP contribution in [0.25, 0.3) is 0 Å². The van der Waals surface area contributed by atoms with E-state index in [2.05, 4.69) is 0 Å². The molecule has 5 heteroatoms. The Bertz CT molecular complexity index is 399. The van der Waals surface area contributed by atoms with Crippen LogP contribution >= 0.6 is 11.6 Å². The minimum Gasteiger partial charge on any atom is -0.207 e. The third kappa shape index (κ3) is 3.20. The van der Waals surface area contributed by atoms with Gasteiger partial charge >= 0.3 is 0 Å². The van der Waals surface area contributed by atoms with E-state index in [9.17, 15) is 8.42 Å². The Labute approximate surface area is 102 Å². The van der Waals surface area contributed by atoms with Gasteiger partial charge in [0.2, 0.25) is 10.0 Å². The van der Waals surface area contributed by atoms with Crippen LogP contribution in [0.5, 0.6) is 0 Å². The highest BCUT2D eigenvalue weighted by molar-refractivity contribution is 7.89. The zero-order valence-corrected chi connectivity index (χ0v) is 10.8. The highest BCUT2D eigenvalue weighted by atomic mass is 35.5. The van der Waals surface area contributed by atoms with Crippen molar-refractivity contribution in [3.8, 4) is 0 Å². The van der Waals surface area contributed by atoms with E-state index in [0.717, 1.165) is 6.42 Å². The number of halogens is 1. The molecule has 1 rings (SSSR count). The van der Waals surface area contributed by atoms with Crippen LogP contribution in [-0.4, -0.2) is 31.7 Å². The van der Waals surface area contributed by atoms with Crippen molar-refractivity contribution in [3.63, 3.8) is 0 Å². The summed E-state index contributed by atoms with van der Waals surface area (Å²) in [4.78, 5) is 0.327. The van der Waals surface area contributed by atoms with E-state index in [0.29, 0.717) is 23.9 Å². The summed E-state index contributed by atoms with van der Waals surface area (Å²) in [5, 5.41) is 0. The van der Waals surface area contributed by atoms with Crippen LogP contribution in [0.1, 0.15) is 13.3 Å². The maximum Gasteiger partial charge on any atom is 0.243 e. The van der Waals surface area contributed by atoms with Gasteiger partial charge in [-0.05, 0) is 18.6 Å². The van der Waals surface area contributed by atoms with E-state index < -0.39 is 10.0 Å². The van der Waals surface area contributed by atoms with Crippen molar-refractivity contribution in [2.75, 3.05) is 19.0 Å². The molecule has 0 unspecified atom stereocenters. The minimum atomic E-state index is -3.38. The zero-order chi connectivity index (χ0) is 12.0. The fourth-order valence-corrected chi connectivity index (χ4v) is 3.30. The van der Waals surface area contributed by atoms with Crippen LogP contribution in [-0.2, 0) is 10.0 Å². The van der Waals surface area contributed by atoms with Crippen LogP contribution in [0.4, 0.5) is 0 Å². The molecule has 1 aromatic carbocycles. The molecule has 0 bridgehead atoms. The molecule has 0 aliphatic rings. The molecule has 0 atom stereocenters. The van der Waals surface area contributed by atoms with Crippen LogP contribution in [0.2, 0.25) is 0 Å². The van der Waals surface area contributed by atoms with Gasteiger partial charge in [-0.15, -0.1) is 11.6 Å². The number of rotatable bonds is 6. The van der Waals surface area contributed by atoms with Gasteiger partial charge in [-0.2, -0.15) is 4.31 Å². The van der Waals surface area contributed by atoms with Gasteiger partial charge in [0, 0.05) is 19.0 Å². The number of hydrogen-bond donors (Lipinski definition) is 0. The highest BCUT2D eigenvalue weighted by Crippen LogP contribution is 2.15. The average Bonchev–Trinajstić information content (AvgIpc) is 2.30. The molecule has 90 valence electrons. The van der Waals surface area contributed by atoms with E-state index in [1.807, 2.05) is 6.92 Å².